The molecule has 1 fully saturated rings. The van der Waals surface area contributed by atoms with E-state index in [2.05, 4.69) is 26.1 Å². The van der Waals surface area contributed by atoms with E-state index in [1.165, 1.54) is 0 Å². The lowest BCUT2D eigenvalue weighted by atomic mass is 10.0. The molecule has 1 aromatic rings. The van der Waals surface area contributed by atoms with E-state index in [4.69, 9.17) is 0 Å². The summed E-state index contributed by atoms with van der Waals surface area (Å²) in [4.78, 5) is 2.08. The van der Waals surface area contributed by atoms with Gasteiger partial charge in [0.1, 0.15) is 12.4 Å². The molecule has 0 aliphatic carbocycles. The van der Waals surface area contributed by atoms with Crippen molar-refractivity contribution in [2.45, 2.75) is 13.0 Å². The van der Waals surface area contributed by atoms with Gasteiger partial charge < -0.3 is 10.4 Å². The van der Waals surface area contributed by atoms with Crippen LogP contribution in [0.3, 0.4) is 0 Å². The number of halogens is 2. The highest BCUT2D eigenvalue weighted by Crippen LogP contribution is 2.34. The lowest BCUT2D eigenvalue weighted by Gasteiger charge is -2.34. The average Bonchev–Trinajstić information content (AvgIpc) is 2.37. The molecule has 0 spiro atoms. The number of nitrogens with one attached hydrogen (secondary N) is 1. The van der Waals surface area contributed by atoms with Gasteiger partial charge in [-0.1, -0.05) is 15.9 Å². The predicted octanol–water partition coefficient (Wildman–Crippen LogP) is 2.38. The maximum absolute atomic E-state index is 13.4. The monoisotopic (exact) mass is 316 g/mol. The van der Waals surface area contributed by atoms with Gasteiger partial charge in [0.2, 0.25) is 0 Å². The summed E-state index contributed by atoms with van der Waals surface area (Å²) in [6, 6.07) is 3.30. The van der Waals surface area contributed by atoms with Crippen LogP contribution < -0.4 is 5.32 Å². The number of alkyl halides is 1. The van der Waals surface area contributed by atoms with Crippen LogP contribution in [0.4, 0.5) is 4.39 Å². The SMILES string of the molecule is Cc1cc(Br)cc([C@H](CF)N2CCNCC2)c1O. The van der Waals surface area contributed by atoms with E-state index >= 15 is 0 Å². The molecule has 1 aliphatic rings. The number of aryl methyl sites for hydroxylation is 1. The highest BCUT2D eigenvalue weighted by atomic mass is 79.9. The van der Waals surface area contributed by atoms with Crippen LogP contribution in [0.15, 0.2) is 16.6 Å². The van der Waals surface area contributed by atoms with Gasteiger partial charge >= 0.3 is 0 Å². The van der Waals surface area contributed by atoms with Gasteiger partial charge in [-0.15, -0.1) is 0 Å². The normalized spacial score (nSPS) is 18.8. The number of aromatic hydroxyl groups is 1. The van der Waals surface area contributed by atoms with Gasteiger partial charge in [-0.2, -0.15) is 0 Å². The van der Waals surface area contributed by atoms with E-state index in [0.717, 1.165) is 36.2 Å². The fourth-order valence-electron chi connectivity index (χ4n) is 2.39. The third-order valence-corrected chi connectivity index (χ3v) is 3.85. The molecule has 0 aromatic heterocycles. The van der Waals surface area contributed by atoms with E-state index in [1.54, 1.807) is 0 Å². The molecule has 5 heteroatoms. The van der Waals surface area contributed by atoms with Gasteiger partial charge in [-0.3, -0.25) is 4.90 Å². The Hall–Kier alpha value is -0.650. The molecule has 18 heavy (non-hydrogen) atoms. The summed E-state index contributed by atoms with van der Waals surface area (Å²) in [6.45, 7) is 4.69. The fraction of sp³-hybridized carbons (Fsp3) is 0.538. The van der Waals surface area contributed by atoms with Crippen molar-refractivity contribution in [1.29, 1.82) is 0 Å². The minimum atomic E-state index is -0.483. The number of phenolic OH excluding ortho intramolecular Hbond substituents is 1. The number of rotatable bonds is 3. The van der Waals surface area contributed by atoms with E-state index in [-0.39, 0.29) is 11.8 Å². The number of hydrogen-bond donors (Lipinski definition) is 2. The molecule has 0 radical (unpaired) electrons. The van der Waals surface area contributed by atoms with Crippen LogP contribution in [0, 0.1) is 6.92 Å². The minimum Gasteiger partial charge on any atom is -0.507 e. The van der Waals surface area contributed by atoms with Gasteiger partial charge in [-0.05, 0) is 24.6 Å². The van der Waals surface area contributed by atoms with Crippen LogP contribution in [0.1, 0.15) is 17.2 Å². The van der Waals surface area contributed by atoms with Crippen LogP contribution in [0.5, 0.6) is 5.75 Å². The number of hydrogen-bond acceptors (Lipinski definition) is 3. The summed E-state index contributed by atoms with van der Waals surface area (Å²) < 4.78 is 14.3. The Bertz CT molecular complexity index is 422. The zero-order chi connectivity index (χ0) is 13.1. The molecular weight excluding hydrogens is 299 g/mol. The zero-order valence-corrected chi connectivity index (χ0v) is 12.0. The Balaban J connectivity index is 2.31. The smallest absolute Gasteiger partial charge is 0.123 e. The van der Waals surface area contributed by atoms with Crippen molar-refractivity contribution in [3.63, 3.8) is 0 Å². The lowest BCUT2D eigenvalue weighted by Crippen LogP contribution is -2.45. The molecule has 0 unspecified atom stereocenters. The molecule has 0 bridgehead atoms. The van der Waals surface area contributed by atoms with Crippen molar-refractivity contribution < 1.29 is 9.50 Å². The van der Waals surface area contributed by atoms with Crippen molar-refractivity contribution in [3.05, 3.63) is 27.7 Å². The van der Waals surface area contributed by atoms with E-state index in [0.29, 0.717) is 5.56 Å². The second-order valence-electron chi connectivity index (χ2n) is 4.62. The Morgan fingerprint density at radius 2 is 2.11 bits per heavy atom. The first-order valence-electron chi connectivity index (χ1n) is 6.13. The van der Waals surface area contributed by atoms with Crippen molar-refractivity contribution in [2.75, 3.05) is 32.9 Å². The van der Waals surface area contributed by atoms with Gasteiger partial charge in [0.05, 0.1) is 6.04 Å². The van der Waals surface area contributed by atoms with Crippen molar-refractivity contribution in [1.82, 2.24) is 10.2 Å². The van der Waals surface area contributed by atoms with Gasteiger partial charge in [0.15, 0.2) is 0 Å². The molecule has 3 nitrogen and oxygen atoms in total. The molecule has 1 aromatic carbocycles. The fourth-order valence-corrected chi connectivity index (χ4v) is 2.98. The molecule has 2 N–H and O–H groups in total. The largest absolute Gasteiger partial charge is 0.507 e. The molecule has 0 amide bonds. The number of benzene rings is 1. The summed E-state index contributed by atoms with van der Waals surface area (Å²) in [5.41, 5.74) is 1.44. The topological polar surface area (TPSA) is 35.5 Å². The van der Waals surface area contributed by atoms with Crippen molar-refractivity contribution >= 4 is 15.9 Å². The lowest BCUT2D eigenvalue weighted by molar-refractivity contribution is 0.145. The molecule has 1 heterocycles. The summed E-state index contributed by atoms with van der Waals surface area (Å²) in [5.74, 6) is 0.208. The van der Waals surface area contributed by atoms with E-state index < -0.39 is 6.67 Å². The maximum Gasteiger partial charge on any atom is 0.123 e. The third-order valence-electron chi connectivity index (χ3n) is 3.39. The Labute approximate surface area is 115 Å². The van der Waals surface area contributed by atoms with E-state index in [1.807, 2.05) is 19.1 Å². The summed E-state index contributed by atoms with van der Waals surface area (Å²) >= 11 is 3.40. The van der Waals surface area contributed by atoms with Gasteiger partial charge in [0, 0.05) is 36.2 Å². The predicted molar refractivity (Wildman–Crippen MR) is 73.7 cm³/mol. The minimum absolute atomic E-state index is 0.208. The second kappa shape index (κ2) is 5.99. The van der Waals surface area contributed by atoms with Crippen LogP contribution >= 0.6 is 15.9 Å². The average molecular weight is 317 g/mol. The third kappa shape index (κ3) is 2.84. The Morgan fingerprint density at radius 3 is 2.72 bits per heavy atom. The molecule has 1 saturated heterocycles. The van der Waals surface area contributed by atoms with Gasteiger partial charge in [-0.25, -0.2) is 4.39 Å². The Kier molecular flexibility index (Phi) is 4.59. The maximum atomic E-state index is 13.4. The van der Waals surface area contributed by atoms with Crippen LogP contribution in [0.25, 0.3) is 0 Å². The molecule has 1 atom stereocenters. The number of nitrogens with zero attached hydrogens (tertiary/aromatic N) is 1. The van der Waals surface area contributed by atoms with Gasteiger partial charge in [0.25, 0.3) is 0 Å². The van der Waals surface area contributed by atoms with E-state index in [9.17, 15) is 9.50 Å². The molecule has 2 rings (SSSR count). The van der Waals surface area contributed by atoms with Crippen LogP contribution in [-0.2, 0) is 0 Å². The van der Waals surface area contributed by atoms with Crippen LogP contribution in [0.2, 0.25) is 0 Å². The molecule has 0 saturated carbocycles. The first kappa shape index (κ1) is 13.8. The molecule has 100 valence electrons. The highest BCUT2D eigenvalue weighted by molar-refractivity contribution is 9.10. The first-order chi connectivity index (χ1) is 8.63. The summed E-state index contributed by atoms with van der Waals surface area (Å²) in [5, 5.41) is 13.4. The van der Waals surface area contributed by atoms with Crippen LogP contribution in [-0.4, -0.2) is 42.9 Å². The number of piperazine rings is 1. The Morgan fingerprint density at radius 1 is 1.44 bits per heavy atom. The van der Waals surface area contributed by atoms with Crippen molar-refractivity contribution in [3.8, 4) is 5.75 Å². The van der Waals surface area contributed by atoms with Crippen molar-refractivity contribution in [2.24, 2.45) is 0 Å². The summed E-state index contributed by atoms with van der Waals surface area (Å²) in [6.07, 6.45) is 0. The quantitative estimate of drug-likeness (QED) is 0.898. The molecular formula is C13H18BrFN2O. The second-order valence-corrected chi connectivity index (χ2v) is 5.53. The first-order valence-corrected chi connectivity index (χ1v) is 6.92. The molecule has 1 aliphatic heterocycles. The highest BCUT2D eigenvalue weighted by Gasteiger charge is 2.25. The summed E-state index contributed by atoms with van der Waals surface area (Å²) in [7, 11) is 0. The number of phenols is 1. The standard InChI is InChI=1S/C13H18BrFN2O/c1-9-6-10(14)7-11(13(9)18)12(8-15)17-4-2-16-3-5-17/h6-7,12,16,18H,2-5,8H2,1H3/t12-/m0/s1. The zero-order valence-electron chi connectivity index (χ0n) is 10.4.